The first kappa shape index (κ1) is 11.6. The van der Waals surface area contributed by atoms with Gasteiger partial charge in [-0.15, -0.1) is 0 Å². The molecule has 0 bridgehead atoms. The van der Waals surface area contributed by atoms with Crippen LogP contribution in [0.1, 0.15) is 10.6 Å². The molecule has 0 spiro atoms. The largest absolute Gasteiger partial charge is 0.444 e. The van der Waals surface area contributed by atoms with E-state index in [1.165, 1.54) is 4.90 Å². The van der Waals surface area contributed by atoms with Crippen LogP contribution in [-0.4, -0.2) is 43.3 Å². The van der Waals surface area contributed by atoms with Gasteiger partial charge in [0.2, 0.25) is 0 Å². The lowest BCUT2D eigenvalue weighted by molar-refractivity contribution is 0.0639. The second kappa shape index (κ2) is 4.55. The number of likely N-dealkylation sites (N-methyl/N-ethyl adjacent to an activating group) is 1. The first-order valence-electron chi connectivity index (χ1n) is 4.84. The normalized spacial score (nSPS) is 24.7. The van der Waals surface area contributed by atoms with E-state index in [1.807, 2.05) is 0 Å². The summed E-state index contributed by atoms with van der Waals surface area (Å²) in [5, 5.41) is 0. The molecule has 2 atom stereocenters. The third-order valence-electron chi connectivity index (χ3n) is 2.58. The van der Waals surface area contributed by atoms with Gasteiger partial charge in [0.05, 0.1) is 19.3 Å². The van der Waals surface area contributed by atoms with Crippen molar-refractivity contribution in [2.45, 2.75) is 12.2 Å². The lowest BCUT2D eigenvalue weighted by atomic mass is 10.2. The van der Waals surface area contributed by atoms with Crippen molar-refractivity contribution in [2.75, 3.05) is 20.3 Å². The van der Waals surface area contributed by atoms with Crippen LogP contribution in [0, 0.1) is 0 Å². The van der Waals surface area contributed by atoms with Crippen molar-refractivity contribution in [2.24, 2.45) is 0 Å². The molecule has 2 rings (SSSR count). The number of hydrogen-bond donors (Lipinski definition) is 0. The Morgan fingerprint density at radius 1 is 1.56 bits per heavy atom. The van der Waals surface area contributed by atoms with Crippen LogP contribution < -0.4 is 0 Å². The molecule has 6 heteroatoms. The predicted molar refractivity (Wildman–Crippen MR) is 58.0 cm³/mol. The van der Waals surface area contributed by atoms with Crippen LogP contribution in [0.3, 0.4) is 0 Å². The summed E-state index contributed by atoms with van der Waals surface area (Å²) in [5.74, 6) is -0.155. The SMILES string of the molecule is CN(C(=O)c1ccc(Br)o1)C1COCC1F. The minimum Gasteiger partial charge on any atom is -0.444 e. The van der Waals surface area contributed by atoms with Gasteiger partial charge in [0.15, 0.2) is 10.4 Å². The lowest BCUT2D eigenvalue weighted by Gasteiger charge is -2.23. The van der Waals surface area contributed by atoms with Crippen molar-refractivity contribution >= 4 is 21.8 Å². The Morgan fingerprint density at radius 2 is 2.31 bits per heavy atom. The summed E-state index contributed by atoms with van der Waals surface area (Å²) in [6.07, 6.45) is -1.13. The van der Waals surface area contributed by atoms with Gasteiger partial charge in [-0.05, 0) is 28.1 Å². The van der Waals surface area contributed by atoms with Gasteiger partial charge in [0, 0.05) is 7.05 Å². The molecule has 88 valence electrons. The fourth-order valence-corrected chi connectivity index (χ4v) is 1.93. The Bertz CT molecular complexity index is 395. The van der Waals surface area contributed by atoms with Crippen molar-refractivity contribution < 1.29 is 18.3 Å². The fourth-order valence-electron chi connectivity index (χ4n) is 1.62. The van der Waals surface area contributed by atoms with Crippen LogP contribution in [-0.2, 0) is 4.74 Å². The molecule has 0 N–H and O–H groups in total. The number of carbonyl (C=O) groups excluding carboxylic acids is 1. The molecule has 0 aromatic carbocycles. The standard InChI is InChI=1S/C10H11BrFNO3/c1-13(7-5-15-4-6(7)12)10(14)8-2-3-9(11)16-8/h2-3,6-7H,4-5H2,1H3. The van der Waals surface area contributed by atoms with E-state index in [0.29, 0.717) is 4.67 Å². The average Bonchev–Trinajstić information content (AvgIpc) is 2.85. The van der Waals surface area contributed by atoms with Gasteiger partial charge in [-0.1, -0.05) is 0 Å². The maximum Gasteiger partial charge on any atom is 0.289 e. The molecule has 1 aliphatic heterocycles. The lowest BCUT2D eigenvalue weighted by Crippen LogP contribution is -2.42. The van der Waals surface area contributed by atoms with Crippen LogP contribution in [0.4, 0.5) is 4.39 Å². The molecule has 2 unspecified atom stereocenters. The molecule has 1 aromatic rings. The molecule has 1 fully saturated rings. The van der Waals surface area contributed by atoms with Gasteiger partial charge in [-0.2, -0.15) is 0 Å². The van der Waals surface area contributed by atoms with Crippen LogP contribution >= 0.6 is 15.9 Å². The summed E-state index contributed by atoms with van der Waals surface area (Å²) >= 11 is 3.11. The van der Waals surface area contributed by atoms with E-state index in [4.69, 9.17) is 9.15 Å². The van der Waals surface area contributed by atoms with Gasteiger partial charge >= 0.3 is 0 Å². The number of carbonyl (C=O) groups is 1. The van der Waals surface area contributed by atoms with E-state index in [-0.39, 0.29) is 24.9 Å². The molecular weight excluding hydrogens is 281 g/mol. The van der Waals surface area contributed by atoms with Crippen LogP contribution in [0.25, 0.3) is 0 Å². The Morgan fingerprint density at radius 3 is 2.81 bits per heavy atom. The highest BCUT2D eigenvalue weighted by molar-refractivity contribution is 9.10. The number of nitrogens with zero attached hydrogens (tertiary/aromatic N) is 1. The molecule has 0 saturated carbocycles. The second-order valence-corrected chi connectivity index (χ2v) is 4.42. The molecule has 0 radical (unpaired) electrons. The van der Waals surface area contributed by atoms with Gasteiger partial charge in [0.25, 0.3) is 5.91 Å². The van der Waals surface area contributed by atoms with E-state index in [2.05, 4.69) is 15.9 Å². The number of rotatable bonds is 2. The molecule has 1 amide bonds. The maximum atomic E-state index is 13.4. The summed E-state index contributed by atoms with van der Waals surface area (Å²) in [4.78, 5) is 13.2. The van der Waals surface area contributed by atoms with Crippen molar-refractivity contribution in [1.82, 2.24) is 4.90 Å². The molecule has 1 saturated heterocycles. The van der Waals surface area contributed by atoms with E-state index in [0.717, 1.165) is 0 Å². The molecule has 1 aromatic heterocycles. The average molecular weight is 292 g/mol. The third-order valence-corrected chi connectivity index (χ3v) is 3.01. The van der Waals surface area contributed by atoms with Crippen LogP contribution in [0.2, 0.25) is 0 Å². The van der Waals surface area contributed by atoms with Gasteiger partial charge in [0.1, 0.15) is 6.17 Å². The first-order chi connectivity index (χ1) is 7.59. The molecule has 16 heavy (non-hydrogen) atoms. The highest BCUT2D eigenvalue weighted by Gasteiger charge is 2.34. The van der Waals surface area contributed by atoms with E-state index in [9.17, 15) is 9.18 Å². The van der Waals surface area contributed by atoms with Crippen molar-refractivity contribution in [1.29, 1.82) is 0 Å². The van der Waals surface area contributed by atoms with Gasteiger partial charge in [-0.3, -0.25) is 4.79 Å². The van der Waals surface area contributed by atoms with E-state index in [1.54, 1.807) is 19.2 Å². The monoisotopic (exact) mass is 291 g/mol. The Hall–Kier alpha value is -0.880. The molecule has 2 heterocycles. The summed E-state index contributed by atoms with van der Waals surface area (Å²) in [6.45, 7) is 0.273. The minimum atomic E-state index is -1.13. The fraction of sp³-hybridized carbons (Fsp3) is 0.500. The molecule has 4 nitrogen and oxygen atoms in total. The van der Waals surface area contributed by atoms with Crippen LogP contribution in [0.5, 0.6) is 0 Å². The summed E-state index contributed by atoms with van der Waals surface area (Å²) in [5.41, 5.74) is 0. The maximum absolute atomic E-state index is 13.4. The first-order valence-corrected chi connectivity index (χ1v) is 5.63. The highest BCUT2D eigenvalue weighted by Crippen LogP contribution is 2.20. The summed E-state index contributed by atoms with van der Waals surface area (Å²) in [7, 11) is 1.55. The zero-order valence-corrected chi connectivity index (χ0v) is 10.2. The zero-order valence-electron chi connectivity index (χ0n) is 8.65. The summed E-state index contributed by atoms with van der Waals surface area (Å²) < 4.78 is 23.9. The number of halogens is 2. The van der Waals surface area contributed by atoms with Crippen molar-refractivity contribution in [3.63, 3.8) is 0 Å². The number of hydrogen-bond acceptors (Lipinski definition) is 3. The molecular formula is C10H11BrFNO3. The Labute approximate surface area is 100 Å². The van der Waals surface area contributed by atoms with Gasteiger partial charge < -0.3 is 14.1 Å². The highest BCUT2D eigenvalue weighted by atomic mass is 79.9. The molecule has 0 aliphatic carbocycles. The number of amides is 1. The zero-order chi connectivity index (χ0) is 11.7. The van der Waals surface area contributed by atoms with E-state index >= 15 is 0 Å². The summed E-state index contributed by atoms with van der Waals surface area (Å²) in [6, 6.07) is 2.64. The quantitative estimate of drug-likeness (QED) is 0.835. The predicted octanol–water partition coefficient (Wildman–Crippen LogP) is 1.85. The molecule has 1 aliphatic rings. The Kier molecular flexibility index (Phi) is 3.30. The smallest absolute Gasteiger partial charge is 0.289 e. The van der Waals surface area contributed by atoms with Gasteiger partial charge in [-0.25, -0.2) is 4.39 Å². The second-order valence-electron chi connectivity index (χ2n) is 3.64. The number of ether oxygens (including phenoxy) is 1. The van der Waals surface area contributed by atoms with Crippen LogP contribution in [0.15, 0.2) is 21.2 Å². The van der Waals surface area contributed by atoms with Crippen molar-refractivity contribution in [3.8, 4) is 0 Å². The number of alkyl halides is 1. The van der Waals surface area contributed by atoms with Crippen molar-refractivity contribution in [3.05, 3.63) is 22.6 Å². The topological polar surface area (TPSA) is 42.7 Å². The Balaban J connectivity index is 2.10. The third kappa shape index (κ3) is 2.12. The van der Waals surface area contributed by atoms with E-state index < -0.39 is 12.2 Å². The number of furan rings is 1. The minimum absolute atomic E-state index is 0.0458.